The minimum atomic E-state index is 0.720. The van der Waals surface area contributed by atoms with Crippen LogP contribution >= 0.6 is 0 Å². The average molecular weight is 242 g/mol. The molecule has 1 aromatic carbocycles. The lowest BCUT2D eigenvalue weighted by Gasteiger charge is -2.15. The maximum absolute atomic E-state index is 4.49. The summed E-state index contributed by atoms with van der Waals surface area (Å²) in [6.45, 7) is 1.94. The van der Waals surface area contributed by atoms with Crippen LogP contribution in [0.3, 0.4) is 0 Å². The molecule has 1 aliphatic rings. The van der Waals surface area contributed by atoms with Gasteiger partial charge in [0.2, 0.25) is 5.95 Å². The minimum Gasteiger partial charge on any atom is -0.353 e. The van der Waals surface area contributed by atoms with Crippen molar-refractivity contribution >= 4 is 16.9 Å². The Morgan fingerprint density at radius 3 is 3.00 bits per heavy atom. The third kappa shape index (κ3) is 2.59. The van der Waals surface area contributed by atoms with E-state index in [-0.39, 0.29) is 0 Å². The molecule has 1 aromatic heterocycles. The van der Waals surface area contributed by atoms with Gasteiger partial charge in [-0.2, -0.15) is 0 Å². The van der Waals surface area contributed by atoms with Gasteiger partial charge in [-0.25, -0.2) is 9.97 Å². The van der Waals surface area contributed by atoms with Gasteiger partial charge in [-0.3, -0.25) is 0 Å². The van der Waals surface area contributed by atoms with Crippen molar-refractivity contribution in [1.82, 2.24) is 14.9 Å². The van der Waals surface area contributed by atoms with Crippen LogP contribution in [0.5, 0.6) is 0 Å². The molecule has 18 heavy (non-hydrogen) atoms. The number of nitrogens with one attached hydrogen (secondary N) is 1. The van der Waals surface area contributed by atoms with Crippen molar-refractivity contribution in [2.45, 2.75) is 18.9 Å². The summed E-state index contributed by atoms with van der Waals surface area (Å²) in [5, 5.41) is 4.37. The van der Waals surface area contributed by atoms with Gasteiger partial charge in [-0.1, -0.05) is 18.2 Å². The van der Waals surface area contributed by atoms with Crippen molar-refractivity contribution in [3.8, 4) is 0 Å². The highest BCUT2D eigenvalue weighted by Crippen LogP contribution is 2.24. The molecule has 0 saturated heterocycles. The smallest absolute Gasteiger partial charge is 0.223 e. The number of fused-ring (bicyclic) bond motifs is 1. The molecule has 4 nitrogen and oxygen atoms in total. The molecular formula is C14H18N4. The molecule has 3 rings (SSSR count). The summed E-state index contributed by atoms with van der Waals surface area (Å²) in [5.41, 5.74) is 0.991. The number of likely N-dealkylation sites (N-methyl/N-ethyl adjacent to an activating group) is 1. The zero-order valence-electron chi connectivity index (χ0n) is 10.6. The molecule has 0 radical (unpaired) electrons. The van der Waals surface area contributed by atoms with Crippen LogP contribution in [0.1, 0.15) is 12.8 Å². The third-order valence-electron chi connectivity index (χ3n) is 3.41. The Balaban J connectivity index is 1.60. The van der Waals surface area contributed by atoms with E-state index in [1.807, 2.05) is 30.5 Å². The number of rotatable bonds is 5. The molecule has 0 spiro atoms. The SMILES string of the molecule is CN(CCNc1ncc2ccccc2n1)C1CC1. The lowest BCUT2D eigenvalue weighted by Crippen LogP contribution is -2.27. The highest BCUT2D eigenvalue weighted by molar-refractivity contribution is 5.78. The van der Waals surface area contributed by atoms with Gasteiger partial charge in [-0.05, 0) is 26.0 Å². The van der Waals surface area contributed by atoms with Crippen molar-refractivity contribution < 1.29 is 0 Å². The van der Waals surface area contributed by atoms with Crippen LogP contribution in [-0.4, -0.2) is 41.0 Å². The predicted octanol–water partition coefficient (Wildman–Crippen LogP) is 2.14. The van der Waals surface area contributed by atoms with Crippen LogP contribution in [0, 0.1) is 0 Å². The molecule has 4 heteroatoms. The Bertz CT molecular complexity index is 536. The van der Waals surface area contributed by atoms with Crippen molar-refractivity contribution in [3.05, 3.63) is 30.5 Å². The number of aromatic nitrogens is 2. The van der Waals surface area contributed by atoms with Gasteiger partial charge in [0.25, 0.3) is 0 Å². The largest absolute Gasteiger partial charge is 0.353 e. The first-order valence-electron chi connectivity index (χ1n) is 6.49. The number of anilines is 1. The van der Waals surface area contributed by atoms with Gasteiger partial charge < -0.3 is 10.2 Å². The minimum absolute atomic E-state index is 0.720. The number of benzene rings is 1. The number of hydrogen-bond donors (Lipinski definition) is 1. The highest BCUT2D eigenvalue weighted by atomic mass is 15.2. The fourth-order valence-electron chi connectivity index (χ4n) is 2.10. The van der Waals surface area contributed by atoms with E-state index in [1.54, 1.807) is 0 Å². The van der Waals surface area contributed by atoms with Crippen LogP contribution in [0.4, 0.5) is 5.95 Å². The van der Waals surface area contributed by atoms with Crippen LogP contribution in [0.15, 0.2) is 30.5 Å². The summed E-state index contributed by atoms with van der Waals surface area (Å²) >= 11 is 0. The lowest BCUT2D eigenvalue weighted by atomic mass is 10.2. The van der Waals surface area contributed by atoms with Gasteiger partial charge in [0.05, 0.1) is 5.52 Å². The van der Waals surface area contributed by atoms with Crippen LogP contribution in [0.2, 0.25) is 0 Å². The monoisotopic (exact) mass is 242 g/mol. The van der Waals surface area contributed by atoms with E-state index in [9.17, 15) is 0 Å². The predicted molar refractivity (Wildman–Crippen MR) is 73.7 cm³/mol. The average Bonchev–Trinajstić information content (AvgIpc) is 3.23. The Labute approximate surface area is 107 Å². The first-order valence-corrected chi connectivity index (χ1v) is 6.49. The molecule has 0 amide bonds. The first kappa shape index (κ1) is 11.4. The second-order valence-corrected chi connectivity index (χ2v) is 4.89. The quantitative estimate of drug-likeness (QED) is 0.872. The maximum Gasteiger partial charge on any atom is 0.223 e. The van der Waals surface area contributed by atoms with Gasteiger partial charge in [0.15, 0.2) is 0 Å². The summed E-state index contributed by atoms with van der Waals surface area (Å²) < 4.78 is 0. The van der Waals surface area contributed by atoms with E-state index in [0.29, 0.717) is 0 Å². The second-order valence-electron chi connectivity index (χ2n) is 4.89. The fourth-order valence-corrected chi connectivity index (χ4v) is 2.10. The highest BCUT2D eigenvalue weighted by Gasteiger charge is 2.25. The van der Waals surface area contributed by atoms with Crippen molar-refractivity contribution in [1.29, 1.82) is 0 Å². The molecule has 0 bridgehead atoms. The van der Waals surface area contributed by atoms with Crippen molar-refractivity contribution in [2.24, 2.45) is 0 Å². The molecule has 94 valence electrons. The molecule has 1 aliphatic carbocycles. The Kier molecular flexibility index (Phi) is 3.11. The topological polar surface area (TPSA) is 41.0 Å². The van der Waals surface area contributed by atoms with E-state index in [2.05, 4.69) is 27.2 Å². The third-order valence-corrected chi connectivity index (χ3v) is 3.41. The van der Waals surface area contributed by atoms with Gasteiger partial charge in [0.1, 0.15) is 0 Å². The first-order chi connectivity index (χ1) is 8.83. The summed E-state index contributed by atoms with van der Waals surface area (Å²) in [6.07, 6.45) is 4.57. The Morgan fingerprint density at radius 1 is 1.33 bits per heavy atom. The second kappa shape index (κ2) is 4.90. The molecule has 1 heterocycles. The van der Waals surface area contributed by atoms with Crippen LogP contribution in [0.25, 0.3) is 10.9 Å². The maximum atomic E-state index is 4.49. The molecule has 2 aromatic rings. The lowest BCUT2D eigenvalue weighted by molar-refractivity contribution is 0.337. The standard InChI is InChI=1S/C14H18N4/c1-18(12-6-7-12)9-8-15-14-16-10-11-4-2-3-5-13(11)17-14/h2-5,10,12H,6-9H2,1H3,(H,15,16,17). The van der Waals surface area contributed by atoms with E-state index >= 15 is 0 Å². The molecule has 0 atom stereocenters. The number of para-hydroxylation sites is 1. The van der Waals surface area contributed by atoms with E-state index < -0.39 is 0 Å². The molecule has 0 unspecified atom stereocenters. The molecule has 1 fully saturated rings. The van der Waals surface area contributed by atoms with Gasteiger partial charge >= 0.3 is 0 Å². The Morgan fingerprint density at radius 2 is 2.17 bits per heavy atom. The number of nitrogens with zero attached hydrogens (tertiary/aromatic N) is 3. The van der Waals surface area contributed by atoms with Crippen molar-refractivity contribution in [3.63, 3.8) is 0 Å². The normalized spacial score (nSPS) is 15.2. The summed E-state index contributed by atoms with van der Waals surface area (Å²) in [7, 11) is 2.18. The van der Waals surface area contributed by atoms with E-state index in [1.165, 1.54) is 12.8 Å². The molecule has 0 aliphatic heterocycles. The molecule has 1 saturated carbocycles. The fraction of sp³-hybridized carbons (Fsp3) is 0.429. The Hall–Kier alpha value is -1.68. The van der Waals surface area contributed by atoms with Gasteiger partial charge in [0, 0.05) is 30.7 Å². The van der Waals surface area contributed by atoms with Crippen molar-refractivity contribution in [2.75, 3.05) is 25.5 Å². The van der Waals surface area contributed by atoms with Crippen LogP contribution < -0.4 is 5.32 Å². The number of hydrogen-bond acceptors (Lipinski definition) is 4. The summed E-state index contributed by atoms with van der Waals surface area (Å²) in [4.78, 5) is 11.2. The van der Waals surface area contributed by atoms with E-state index in [4.69, 9.17) is 0 Å². The van der Waals surface area contributed by atoms with E-state index in [0.717, 1.165) is 36.0 Å². The van der Waals surface area contributed by atoms with Crippen LogP contribution in [-0.2, 0) is 0 Å². The summed E-state index contributed by atoms with van der Waals surface area (Å²) in [5.74, 6) is 0.720. The molecular weight excluding hydrogens is 224 g/mol. The zero-order chi connectivity index (χ0) is 12.4. The molecule has 1 N–H and O–H groups in total. The van der Waals surface area contributed by atoms with Gasteiger partial charge in [-0.15, -0.1) is 0 Å². The zero-order valence-corrected chi connectivity index (χ0v) is 10.6. The summed E-state index contributed by atoms with van der Waals surface area (Å²) in [6, 6.07) is 8.85.